The largest absolute Gasteiger partial charge is 0.390 e. The van der Waals surface area contributed by atoms with Crippen LogP contribution in [0.3, 0.4) is 0 Å². The van der Waals surface area contributed by atoms with E-state index >= 15 is 0 Å². The Kier molecular flexibility index (Phi) is 48.5. The molecule has 0 spiro atoms. The van der Waals surface area contributed by atoms with Crippen LogP contribution in [0.25, 0.3) is 0 Å². The van der Waals surface area contributed by atoms with E-state index in [1.54, 1.807) is 24.3 Å². The topological polar surface area (TPSA) is 114 Å². The van der Waals surface area contributed by atoms with E-state index in [1.807, 2.05) is 55.4 Å². The van der Waals surface area contributed by atoms with Crippen LogP contribution >= 0.6 is 0 Å². The van der Waals surface area contributed by atoms with Crippen molar-refractivity contribution in [1.29, 1.82) is 5.41 Å². The molecule has 2 rings (SSSR count). The normalized spacial score (nSPS) is 8.38. The average Bonchev–Trinajstić information content (AvgIpc) is 2.75. The molecule has 0 aliphatic carbocycles. The van der Waals surface area contributed by atoms with Crippen LogP contribution < -0.4 is 11.5 Å². The van der Waals surface area contributed by atoms with Crippen molar-refractivity contribution in [3.8, 4) is 0 Å². The van der Waals surface area contributed by atoms with Gasteiger partial charge in [0.25, 0.3) is 0 Å². The van der Waals surface area contributed by atoms with Crippen LogP contribution in [0.1, 0.15) is 59.5 Å². The highest BCUT2D eigenvalue weighted by Gasteiger charge is 1.80. The number of nitrogens with two attached hydrogens (primary N) is 2. The number of pyridine rings is 2. The molecule has 2 aromatic heterocycles. The Bertz CT molecular complexity index is 564. The van der Waals surface area contributed by atoms with E-state index in [0.717, 1.165) is 12.7 Å². The Hall–Kier alpha value is -2.76. The van der Waals surface area contributed by atoms with Crippen molar-refractivity contribution in [3.05, 3.63) is 54.9 Å². The van der Waals surface area contributed by atoms with Crippen molar-refractivity contribution in [2.24, 2.45) is 16.5 Å². The molecule has 6 heteroatoms. The predicted molar refractivity (Wildman–Crippen MR) is 119 cm³/mol. The molecule has 0 aliphatic rings. The van der Waals surface area contributed by atoms with E-state index in [0.29, 0.717) is 5.82 Å². The second-order valence-electron chi connectivity index (χ2n) is 2.47. The zero-order valence-corrected chi connectivity index (χ0v) is 17.6. The summed E-state index contributed by atoms with van der Waals surface area (Å²) >= 11 is 0. The van der Waals surface area contributed by atoms with E-state index in [1.165, 1.54) is 12.1 Å². The molecule has 0 amide bonds. The molecule has 2 aromatic rings. The Balaban J connectivity index is -0.0000000906. The van der Waals surface area contributed by atoms with E-state index in [-0.39, 0.29) is 18.5 Å². The van der Waals surface area contributed by atoms with Gasteiger partial charge >= 0.3 is 0 Å². The number of nitrogens with one attached hydrogen (secondary N) is 1. The Morgan fingerprint density at radius 1 is 0.846 bits per heavy atom. The Morgan fingerprint density at radius 2 is 1.27 bits per heavy atom. The molecule has 0 saturated heterocycles. The lowest BCUT2D eigenvalue weighted by atomic mass is 10.5. The molecule has 26 heavy (non-hydrogen) atoms. The van der Waals surface area contributed by atoms with Gasteiger partial charge in [0.05, 0.1) is 16.8 Å². The molecule has 0 atom stereocenters. The maximum absolute atomic E-state index is 7.09. The highest BCUT2D eigenvalue weighted by atomic mass is 14.9. The summed E-state index contributed by atoms with van der Waals surface area (Å²) in [4.78, 5) is 10.9. The van der Waals surface area contributed by atoms with Gasteiger partial charge in [-0.25, -0.2) is 9.98 Å². The van der Waals surface area contributed by atoms with Crippen LogP contribution in [0.2, 0.25) is 0 Å². The lowest BCUT2D eigenvalue weighted by Crippen LogP contribution is -1.86. The quantitative estimate of drug-likeness (QED) is 0.458. The van der Waals surface area contributed by atoms with E-state index in [4.69, 9.17) is 15.3 Å². The highest BCUT2D eigenvalue weighted by molar-refractivity contribution is 5.56. The highest BCUT2D eigenvalue weighted by Crippen LogP contribution is 2.01. The van der Waals surface area contributed by atoms with Gasteiger partial charge in [-0.2, -0.15) is 0 Å². The minimum absolute atomic E-state index is 0.150. The number of nitrogens with zero attached hydrogens (tertiary/aromatic N) is 3. The van der Waals surface area contributed by atoms with Crippen LogP contribution in [-0.4, -0.2) is 22.6 Å². The third kappa shape index (κ3) is 42.9. The standard InChI is InChI=1S/C6H7N3.C5H5N.4C2H6.CH4N2/c7-5-9-6-3-1-2-4-8-6;1-2-4-6-5-3-1;4*1-2;2-1-3/h1-5H,(H2,7,8,9);1-5H;4*1-2H3;1H,(H3,2,3)/i4T;4T,5T;;;;;. The van der Waals surface area contributed by atoms with Crippen LogP contribution in [0.5, 0.6) is 0 Å². The van der Waals surface area contributed by atoms with Gasteiger partial charge < -0.3 is 11.5 Å². The first-order valence-electron chi connectivity index (χ1n) is 10.3. The van der Waals surface area contributed by atoms with E-state index in [2.05, 4.69) is 20.7 Å². The number of rotatable bonds is 1. The number of aromatic nitrogens is 2. The molecule has 0 aliphatic heterocycles. The summed E-state index contributed by atoms with van der Waals surface area (Å²) in [5.74, 6) is 0.468. The summed E-state index contributed by atoms with van der Waals surface area (Å²) in [5.41, 5.74) is 9.41. The minimum Gasteiger partial charge on any atom is -0.390 e. The fourth-order valence-electron chi connectivity index (χ4n) is 0.712. The SMILES string of the molecule is CC.CC.CC.CC.N=CN.[3H]c1cccc(N=CN)n1.[3H]c1cccc([3H])n1. The lowest BCUT2D eigenvalue weighted by Gasteiger charge is -1.85. The van der Waals surface area contributed by atoms with Crippen LogP contribution in [-0.2, 0) is 0 Å². The smallest absolute Gasteiger partial charge is 0.153 e. The third-order valence-corrected chi connectivity index (χ3v) is 1.27. The summed E-state index contributed by atoms with van der Waals surface area (Å²) in [6, 6.07) is 9.68. The number of aliphatic imine (C=N–C) groups is 1. The molecular formula is C20H40N6. The van der Waals surface area contributed by atoms with Gasteiger partial charge in [-0.3, -0.25) is 10.4 Å². The first-order chi connectivity index (χ1) is 14.0. The van der Waals surface area contributed by atoms with Crippen molar-refractivity contribution < 1.29 is 4.11 Å². The lowest BCUT2D eigenvalue weighted by molar-refractivity contribution is 1.28. The van der Waals surface area contributed by atoms with Gasteiger partial charge in [0.15, 0.2) is 5.82 Å². The van der Waals surface area contributed by atoms with Crippen LogP contribution in [0.4, 0.5) is 5.82 Å². The number of hydrogen-bond acceptors (Lipinski definition) is 4. The molecule has 2 heterocycles. The monoisotopic (exact) mass is 370 g/mol. The molecule has 0 radical (unpaired) electrons. The molecule has 0 fully saturated rings. The van der Waals surface area contributed by atoms with Gasteiger partial charge in [-0.1, -0.05) is 67.5 Å². The summed E-state index contributed by atoms with van der Waals surface area (Å²) < 4.78 is 20.9. The first-order valence-corrected chi connectivity index (χ1v) is 8.82. The summed E-state index contributed by atoms with van der Waals surface area (Å²) in [6.45, 7) is 16.0. The Morgan fingerprint density at radius 3 is 1.58 bits per heavy atom. The average molecular weight is 371 g/mol. The third-order valence-electron chi connectivity index (χ3n) is 1.27. The van der Waals surface area contributed by atoms with E-state index in [9.17, 15) is 0 Å². The predicted octanol–water partition coefficient (Wildman–Crippen LogP) is 5.44. The fourth-order valence-corrected chi connectivity index (χ4v) is 0.712. The maximum Gasteiger partial charge on any atom is 0.153 e. The molecule has 5 N–H and O–H groups in total. The van der Waals surface area contributed by atoms with Gasteiger partial charge in [0.2, 0.25) is 0 Å². The van der Waals surface area contributed by atoms with Crippen molar-refractivity contribution in [3.63, 3.8) is 0 Å². The zero-order valence-electron chi connectivity index (χ0n) is 20.6. The van der Waals surface area contributed by atoms with Gasteiger partial charge in [0, 0.05) is 18.5 Å². The van der Waals surface area contributed by atoms with Crippen molar-refractivity contribution in [2.75, 3.05) is 0 Å². The number of hydrogen-bond donors (Lipinski definition) is 3. The summed E-state index contributed by atoms with van der Waals surface area (Å²) in [7, 11) is 0. The maximum atomic E-state index is 7.09. The van der Waals surface area contributed by atoms with E-state index < -0.39 is 0 Å². The first kappa shape index (κ1) is 25.5. The molecule has 0 unspecified atom stereocenters. The second kappa shape index (κ2) is 49.5. The summed E-state index contributed by atoms with van der Waals surface area (Å²) in [5, 5.41) is 5.86. The fraction of sp³-hybridized carbons (Fsp3) is 0.400. The van der Waals surface area contributed by atoms with Gasteiger partial charge in [-0.05, 0) is 24.3 Å². The minimum atomic E-state index is 0.150. The molecule has 0 aromatic carbocycles. The molecular weight excluding hydrogens is 324 g/mol. The molecule has 6 nitrogen and oxygen atoms in total. The molecule has 0 bridgehead atoms. The van der Waals surface area contributed by atoms with Crippen LogP contribution in [0, 0.1) is 5.41 Å². The zero-order chi connectivity index (χ0) is 24.1. The van der Waals surface area contributed by atoms with Gasteiger partial charge in [-0.15, -0.1) is 0 Å². The van der Waals surface area contributed by atoms with Crippen molar-refractivity contribution in [2.45, 2.75) is 55.4 Å². The van der Waals surface area contributed by atoms with Crippen molar-refractivity contribution in [1.82, 2.24) is 9.97 Å². The van der Waals surface area contributed by atoms with Crippen molar-refractivity contribution >= 4 is 18.5 Å². The summed E-state index contributed by atoms with van der Waals surface area (Å²) in [6.07, 6.45) is 2.40. The van der Waals surface area contributed by atoms with Gasteiger partial charge in [0.1, 0.15) is 0 Å². The molecule has 150 valence electrons. The second-order valence-corrected chi connectivity index (χ2v) is 2.47. The Labute approximate surface area is 165 Å². The van der Waals surface area contributed by atoms with Crippen LogP contribution in [0.15, 0.2) is 59.9 Å². The molecule has 0 saturated carbocycles.